The summed E-state index contributed by atoms with van der Waals surface area (Å²) in [5.41, 5.74) is 0.565. The van der Waals surface area contributed by atoms with Crippen LogP contribution < -0.4 is 14.8 Å². The van der Waals surface area contributed by atoms with Crippen LogP contribution in [0.3, 0.4) is 0 Å². The van der Waals surface area contributed by atoms with E-state index < -0.39 is 10.0 Å². The van der Waals surface area contributed by atoms with Gasteiger partial charge in [0.15, 0.2) is 11.5 Å². The fourth-order valence-corrected chi connectivity index (χ4v) is 3.80. The standard InChI is InChI=1S/C17H22N6O4S/c1-27-13-5-2-3-6-14(13)28(25,26)19-11-9-17-21-20-16-8-7-15(22-23(16)17)18-10-4-12-24/h2-3,5-8,19,24H,4,9-12H2,1H3,(H,18,22). The Hall–Kier alpha value is -2.76. The molecule has 0 unspecified atom stereocenters. The molecule has 2 aromatic heterocycles. The van der Waals surface area contributed by atoms with Crippen molar-refractivity contribution >= 4 is 21.5 Å². The number of nitrogens with zero attached hydrogens (tertiary/aromatic N) is 4. The van der Waals surface area contributed by atoms with E-state index in [9.17, 15) is 8.42 Å². The molecule has 10 nitrogen and oxygen atoms in total. The minimum absolute atomic E-state index is 0.0806. The van der Waals surface area contributed by atoms with Crippen LogP contribution in [-0.4, -0.2) is 60.1 Å². The van der Waals surface area contributed by atoms with Gasteiger partial charge in [-0.05, 0) is 30.7 Å². The van der Waals surface area contributed by atoms with Gasteiger partial charge in [0.05, 0.1) is 7.11 Å². The largest absolute Gasteiger partial charge is 0.495 e. The number of methoxy groups -OCH3 is 1. The van der Waals surface area contributed by atoms with Crippen LogP contribution in [0.2, 0.25) is 0 Å². The van der Waals surface area contributed by atoms with Crippen LogP contribution in [0.25, 0.3) is 5.65 Å². The van der Waals surface area contributed by atoms with Gasteiger partial charge in [-0.3, -0.25) is 0 Å². The van der Waals surface area contributed by atoms with Crippen molar-refractivity contribution in [3.63, 3.8) is 0 Å². The average Bonchev–Trinajstić information content (AvgIpc) is 3.10. The fraction of sp³-hybridized carbons (Fsp3) is 0.353. The molecule has 28 heavy (non-hydrogen) atoms. The number of fused-ring (bicyclic) bond motifs is 1. The number of aromatic nitrogens is 4. The van der Waals surface area contributed by atoms with Crippen LogP contribution in [0.1, 0.15) is 12.2 Å². The maximum atomic E-state index is 12.5. The zero-order valence-electron chi connectivity index (χ0n) is 15.4. The Labute approximate surface area is 162 Å². The van der Waals surface area contributed by atoms with Crippen LogP contribution in [0, 0.1) is 0 Å². The summed E-state index contributed by atoms with van der Waals surface area (Å²) in [5.74, 6) is 1.43. The van der Waals surface area contributed by atoms with Crippen LogP contribution >= 0.6 is 0 Å². The molecule has 0 aliphatic carbocycles. The van der Waals surface area contributed by atoms with Crippen molar-refractivity contribution in [2.45, 2.75) is 17.7 Å². The second-order valence-electron chi connectivity index (χ2n) is 5.91. The molecule has 0 aliphatic heterocycles. The molecule has 0 fully saturated rings. The Kier molecular flexibility index (Phi) is 6.39. The van der Waals surface area contributed by atoms with E-state index in [2.05, 4.69) is 25.3 Å². The third kappa shape index (κ3) is 4.55. The van der Waals surface area contributed by atoms with Gasteiger partial charge in [-0.25, -0.2) is 13.1 Å². The number of hydrogen-bond acceptors (Lipinski definition) is 8. The summed E-state index contributed by atoms with van der Waals surface area (Å²) in [6.45, 7) is 0.815. The van der Waals surface area contributed by atoms with E-state index in [1.165, 1.54) is 13.2 Å². The van der Waals surface area contributed by atoms with E-state index in [4.69, 9.17) is 9.84 Å². The quantitative estimate of drug-likeness (QED) is 0.414. The molecule has 3 aromatic rings. The highest BCUT2D eigenvalue weighted by molar-refractivity contribution is 7.89. The topological polar surface area (TPSA) is 131 Å². The predicted molar refractivity (Wildman–Crippen MR) is 103 cm³/mol. The fourth-order valence-electron chi connectivity index (χ4n) is 2.59. The van der Waals surface area contributed by atoms with Crippen molar-refractivity contribution in [3.05, 3.63) is 42.2 Å². The molecule has 0 amide bonds. The molecule has 150 valence electrons. The molecule has 0 spiro atoms. The van der Waals surface area contributed by atoms with Gasteiger partial charge in [0, 0.05) is 26.1 Å². The third-order valence-corrected chi connectivity index (χ3v) is 5.47. The molecule has 3 N–H and O–H groups in total. The number of ether oxygens (including phenoxy) is 1. The number of aliphatic hydroxyl groups excluding tert-OH is 1. The first-order valence-corrected chi connectivity index (χ1v) is 10.2. The van der Waals surface area contributed by atoms with Gasteiger partial charge < -0.3 is 15.2 Å². The Morgan fingerprint density at radius 2 is 1.96 bits per heavy atom. The molecule has 3 rings (SSSR count). The summed E-state index contributed by atoms with van der Waals surface area (Å²) in [5, 5.41) is 24.5. The summed E-state index contributed by atoms with van der Waals surface area (Å²) < 4.78 is 34.3. The monoisotopic (exact) mass is 406 g/mol. The van der Waals surface area contributed by atoms with Crippen molar-refractivity contribution in [1.82, 2.24) is 24.5 Å². The van der Waals surface area contributed by atoms with E-state index >= 15 is 0 Å². The van der Waals surface area contributed by atoms with Gasteiger partial charge in [-0.2, -0.15) is 4.52 Å². The number of para-hydroxylation sites is 1. The van der Waals surface area contributed by atoms with Crippen LogP contribution in [-0.2, 0) is 16.4 Å². The number of sulfonamides is 1. The number of nitrogens with one attached hydrogen (secondary N) is 2. The van der Waals surface area contributed by atoms with E-state index in [0.29, 0.717) is 36.7 Å². The normalized spacial score (nSPS) is 11.6. The lowest BCUT2D eigenvalue weighted by molar-refractivity contribution is 0.292. The third-order valence-electron chi connectivity index (χ3n) is 3.97. The van der Waals surface area contributed by atoms with Crippen LogP contribution in [0.4, 0.5) is 5.82 Å². The summed E-state index contributed by atoms with van der Waals surface area (Å²) in [6, 6.07) is 9.96. The molecular weight excluding hydrogens is 384 g/mol. The Bertz CT molecular complexity index is 1040. The molecule has 0 aliphatic rings. The van der Waals surface area contributed by atoms with Gasteiger partial charge >= 0.3 is 0 Å². The zero-order chi connectivity index (χ0) is 20.0. The second kappa shape index (κ2) is 8.95. The summed E-state index contributed by atoms with van der Waals surface area (Å²) in [7, 11) is -2.30. The maximum absolute atomic E-state index is 12.5. The Morgan fingerprint density at radius 3 is 2.75 bits per heavy atom. The first-order chi connectivity index (χ1) is 13.5. The van der Waals surface area contributed by atoms with E-state index in [1.54, 1.807) is 34.8 Å². The highest BCUT2D eigenvalue weighted by Crippen LogP contribution is 2.22. The lowest BCUT2D eigenvalue weighted by Gasteiger charge is -2.10. The molecule has 0 atom stereocenters. The summed E-state index contributed by atoms with van der Waals surface area (Å²) in [4.78, 5) is 0.0806. The lowest BCUT2D eigenvalue weighted by atomic mass is 10.3. The van der Waals surface area contributed by atoms with Crippen molar-refractivity contribution < 1.29 is 18.3 Å². The number of anilines is 1. The first kappa shape index (κ1) is 20.0. The SMILES string of the molecule is COc1ccccc1S(=O)(=O)NCCc1nnc2ccc(NCCCO)nn12. The van der Waals surface area contributed by atoms with Crippen molar-refractivity contribution in [3.8, 4) is 5.75 Å². The predicted octanol–water partition coefficient (Wildman–Crippen LogP) is 0.448. The molecule has 0 saturated heterocycles. The smallest absolute Gasteiger partial charge is 0.244 e. The minimum atomic E-state index is -3.72. The van der Waals surface area contributed by atoms with Gasteiger partial charge in [0.25, 0.3) is 0 Å². The van der Waals surface area contributed by atoms with Crippen molar-refractivity contribution in [2.24, 2.45) is 0 Å². The van der Waals surface area contributed by atoms with Crippen LogP contribution in [0.5, 0.6) is 5.75 Å². The minimum Gasteiger partial charge on any atom is -0.495 e. The van der Waals surface area contributed by atoms with Gasteiger partial charge in [0.2, 0.25) is 10.0 Å². The van der Waals surface area contributed by atoms with Crippen molar-refractivity contribution in [2.75, 3.05) is 32.1 Å². The summed E-state index contributed by atoms with van der Waals surface area (Å²) in [6.07, 6.45) is 0.919. The Balaban J connectivity index is 1.68. The number of rotatable bonds is 10. The number of hydrogen-bond donors (Lipinski definition) is 3. The molecule has 11 heteroatoms. The van der Waals surface area contributed by atoms with E-state index in [-0.39, 0.29) is 23.8 Å². The Morgan fingerprint density at radius 1 is 1.14 bits per heavy atom. The number of aliphatic hydroxyl groups is 1. The van der Waals surface area contributed by atoms with Gasteiger partial charge in [-0.1, -0.05) is 12.1 Å². The molecule has 0 bridgehead atoms. The highest BCUT2D eigenvalue weighted by Gasteiger charge is 2.19. The number of benzene rings is 1. The second-order valence-corrected chi connectivity index (χ2v) is 7.64. The molecule has 0 saturated carbocycles. The highest BCUT2D eigenvalue weighted by atomic mass is 32.2. The molecular formula is C17H22N6O4S. The first-order valence-electron chi connectivity index (χ1n) is 8.74. The van der Waals surface area contributed by atoms with Crippen molar-refractivity contribution in [1.29, 1.82) is 0 Å². The lowest BCUT2D eigenvalue weighted by Crippen LogP contribution is -2.27. The van der Waals surface area contributed by atoms with E-state index in [1.807, 2.05) is 0 Å². The van der Waals surface area contributed by atoms with Gasteiger partial charge in [0.1, 0.15) is 16.5 Å². The average molecular weight is 406 g/mol. The molecule has 2 heterocycles. The molecule has 1 aromatic carbocycles. The van der Waals surface area contributed by atoms with Crippen LogP contribution in [0.15, 0.2) is 41.3 Å². The van der Waals surface area contributed by atoms with E-state index in [0.717, 1.165) is 0 Å². The summed E-state index contributed by atoms with van der Waals surface area (Å²) >= 11 is 0. The zero-order valence-corrected chi connectivity index (χ0v) is 16.2. The molecule has 0 radical (unpaired) electrons. The van der Waals surface area contributed by atoms with Gasteiger partial charge in [-0.15, -0.1) is 15.3 Å². The maximum Gasteiger partial charge on any atom is 0.244 e.